The first-order valence-electron chi connectivity index (χ1n) is 8.45. The first kappa shape index (κ1) is 18.8. The van der Waals surface area contributed by atoms with Gasteiger partial charge >= 0.3 is 6.09 Å². The topological polar surface area (TPSA) is 80.2 Å². The zero-order valence-electron chi connectivity index (χ0n) is 15.0. The third-order valence-electron chi connectivity index (χ3n) is 3.77. The van der Waals surface area contributed by atoms with E-state index in [2.05, 4.69) is 10.5 Å². The Morgan fingerprint density at radius 2 is 1.80 bits per heavy atom. The maximum Gasteiger partial charge on any atom is 0.409 e. The molecule has 2 amide bonds. The Hall–Kier alpha value is -2.57. The largest absolute Gasteiger partial charge is 0.484 e. The van der Waals surface area contributed by atoms with Crippen molar-refractivity contribution in [3.05, 3.63) is 29.3 Å². The van der Waals surface area contributed by atoms with Crippen LogP contribution in [0.4, 0.5) is 4.79 Å². The number of hydrogen-bond donors (Lipinski definition) is 1. The Morgan fingerprint density at radius 1 is 1.16 bits per heavy atom. The monoisotopic (exact) mass is 347 g/mol. The number of nitrogens with zero attached hydrogens (tertiary/aromatic N) is 2. The summed E-state index contributed by atoms with van der Waals surface area (Å²) >= 11 is 0. The molecule has 2 rings (SSSR count). The fourth-order valence-corrected chi connectivity index (χ4v) is 2.61. The van der Waals surface area contributed by atoms with Crippen LogP contribution in [0.3, 0.4) is 0 Å². The van der Waals surface area contributed by atoms with Crippen LogP contribution in [0.2, 0.25) is 0 Å². The summed E-state index contributed by atoms with van der Waals surface area (Å²) < 4.78 is 10.5. The van der Waals surface area contributed by atoms with Crippen LogP contribution in [0.15, 0.2) is 23.3 Å². The van der Waals surface area contributed by atoms with Gasteiger partial charge in [0.05, 0.1) is 6.61 Å². The predicted molar refractivity (Wildman–Crippen MR) is 94.8 cm³/mol. The fraction of sp³-hybridized carbons (Fsp3) is 0.500. The first-order chi connectivity index (χ1) is 12.0. The van der Waals surface area contributed by atoms with Gasteiger partial charge in [0, 0.05) is 31.6 Å². The molecule has 1 aliphatic rings. The van der Waals surface area contributed by atoms with Crippen LogP contribution in [-0.2, 0) is 9.53 Å². The van der Waals surface area contributed by atoms with E-state index in [4.69, 9.17) is 9.47 Å². The molecule has 1 N–H and O–H groups in total. The van der Waals surface area contributed by atoms with Crippen molar-refractivity contribution in [1.82, 2.24) is 10.3 Å². The molecule has 1 aliphatic heterocycles. The van der Waals surface area contributed by atoms with Gasteiger partial charge in [-0.05, 0) is 44.0 Å². The number of hydrazone groups is 1. The van der Waals surface area contributed by atoms with Gasteiger partial charge in [0.1, 0.15) is 5.75 Å². The number of aryl methyl sites for hydroxylation is 2. The van der Waals surface area contributed by atoms with E-state index in [1.807, 2.05) is 32.0 Å². The van der Waals surface area contributed by atoms with Crippen LogP contribution in [-0.4, -0.2) is 48.9 Å². The van der Waals surface area contributed by atoms with Crippen LogP contribution in [0.5, 0.6) is 5.75 Å². The molecule has 0 radical (unpaired) electrons. The van der Waals surface area contributed by atoms with E-state index in [0.717, 1.165) is 16.8 Å². The number of hydrogen-bond acceptors (Lipinski definition) is 5. The predicted octanol–water partition coefficient (Wildman–Crippen LogP) is 2.41. The van der Waals surface area contributed by atoms with E-state index in [0.29, 0.717) is 38.3 Å². The third-order valence-corrected chi connectivity index (χ3v) is 3.77. The Balaban J connectivity index is 1.74. The summed E-state index contributed by atoms with van der Waals surface area (Å²) in [5.74, 6) is 0.363. The van der Waals surface area contributed by atoms with Gasteiger partial charge < -0.3 is 14.4 Å². The molecule has 1 aromatic rings. The van der Waals surface area contributed by atoms with Crippen molar-refractivity contribution in [2.24, 2.45) is 5.10 Å². The van der Waals surface area contributed by atoms with Gasteiger partial charge in [-0.2, -0.15) is 5.10 Å². The molecule has 1 aromatic carbocycles. The van der Waals surface area contributed by atoms with Crippen molar-refractivity contribution in [2.75, 3.05) is 26.3 Å². The number of nitrogens with one attached hydrogen (secondary N) is 1. The van der Waals surface area contributed by atoms with E-state index < -0.39 is 0 Å². The number of piperidine rings is 1. The summed E-state index contributed by atoms with van der Waals surface area (Å²) in [5, 5.41) is 4.13. The lowest BCUT2D eigenvalue weighted by atomic mass is 10.1. The standard InChI is InChI=1S/C18H25N3O4/c1-4-24-18(23)21-7-5-15(6-8-21)19-20-17(22)12-25-16-10-13(2)9-14(3)11-16/h9-11H,4-8,12H2,1-3H3,(H,20,22). The Bertz CT molecular complexity index is 627. The molecule has 0 aliphatic carbocycles. The Labute approximate surface area is 148 Å². The second-order valence-electron chi connectivity index (χ2n) is 6.01. The zero-order chi connectivity index (χ0) is 18.2. The number of carbonyl (C=O) groups excluding carboxylic acids is 2. The van der Waals surface area contributed by atoms with Crippen molar-refractivity contribution in [3.63, 3.8) is 0 Å². The van der Waals surface area contributed by atoms with E-state index >= 15 is 0 Å². The molecule has 0 atom stereocenters. The highest BCUT2D eigenvalue weighted by atomic mass is 16.6. The summed E-state index contributed by atoms with van der Waals surface area (Å²) in [4.78, 5) is 25.1. The van der Waals surface area contributed by atoms with Crippen molar-refractivity contribution in [1.29, 1.82) is 0 Å². The van der Waals surface area contributed by atoms with Crippen molar-refractivity contribution in [2.45, 2.75) is 33.6 Å². The second kappa shape index (κ2) is 9.05. The number of likely N-dealkylation sites (tertiary alicyclic amines) is 1. The van der Waals surface area contributed by atoms with Gasteiger partial charge in [0.15, 0.2) is 6.61 Å². The summed E-state index contributed by atoms with van der Waals surface area (Å²) in [6.45, 7) is 7.12. The zero-order valence-corrected chi connectivity index (χ0v) is 15.0. The smallest absolute Gasteiger partial charge is 0.409 e. The molecule has 1 saturated heterocycles. The summed E-state index contributed by atoms with van der Waals surface area (Å²) in [6, 6.07) is 5.82. The minimum absolute atomic E-state index is 0.0887. The molecular formula is C18H25N3O4. The lowest BCUT2D eigenvalue weighted by molar-refractivity contribution is -0.123. The molecule has 0 unspecified atom stereocenters. The maximum absolute atomic E-state index is 11.9. The Morgan fingerprint density at radius 3 is 2.40 bits per heavy atom. The van der Waals surface area contributed by atoms with Crippen LogP contribution in [0.1, 0.15) is 30.9 Å². The van der Waals surface area contributed by atoms with Gasteiger partial charge in [0.25, 0.3) is 5.91 Å². The number of carbonyl (C=O) groups is 2. The van der Waals surface area contributed by atoms with Crippen LogP contribution in [0.25, 0.3) is 0 Å². The fourth-order valence-electron chi connectivity index (χ4n) is 2.61. The van der Waals surface area contributed by atoms with E-state index in [1.54, 1.807) is 11.8 Å². The SMILES string of the molecule is CCOC(=O)N1CCC(=NNC(=O)COc2cc(C)cc(C)c2)CC1. The summed E-state index contributed by atoms with van der Waals surface area (Å²) in [5.41, 5.74) is 5.55. The van der Waals surface area contributed by atoms with Gasteiger partial charge in [-0.25, -0.2) is 10.2 Å². The first-order valence-corrected chi connectivity index (χ1v) is 8.45. The average Bonchev–Trinajstić information content (AvgIpc) is 2.58. The highest BCUT2D eigenvalue weighted by Crippen LogP contribution is 2.16. The summed E-state index contributed by atoms with van der Waals surface area (Å²) in [7, 11) is 0. The highest BCUT2D eigenvalue weighted by Gasteiger charge is 2.20. The lowest BCUT2D eigenvalue weighted by Gasteiger charge is -2.26. The molecule has 0 aromatic heterocycles. The molecule has 7 nitrogen and oxygen atoms in total. The second-order valence-corrected chi connectivity index (χ2v) is 6.01. The average molecular weight is 347 g/mol. The van der Waals surface area contributed by atoms with Gasteiger partial charge in [-0.15, -0.1) is 0 Å². The molecule has 25 heavy (non-hydrogen) atoms. The molecule has 0 saturated carbocycles. The van der Waals surface area contributed by atoms with Crippen LogP contribution >= 0.6 is 0 Å². The van der Waals surface area contributed by atoms with Crippen molar-refractivity contribution >= 4 is 17.7 Å². The van der Waals surface area contributed by atoms with Gasteiger partial charge in [-0.1, -0.05) is 6.07 Å². The quantitative estimate of drug-likeness (QED) is 0.830. The minimum Gasteiger partial charge on any atom is -0.484 e. The van der Waals surface area contributed by atoms with Gasteiger partial charge in [0.2, 0.25) is 0 Å². The number of ether oxygens (including phenoxy) is 2. The molecule has 7 heteroatoms. The van der Waals surface area contributed by atoms with Crippen LogP contribution in [0, 0.1) is 13.8 Å². The van der Waals surface area contributed by atoms with E-state index in [-0.39, 0.29) is 18.6 Å². The number of amides is 2. The molecule has 1 heterocycles. The maximum atomic E-state index is 11.9. The van der Waals surface area contributed by atoms with E-state index in [9.17, 15) is 9.59 Å². The number of benzene rings is 1. The lowest BCUT2D eigenvalue weighted by Crippen LogP contribution is -2.39. The van der Waals surface area contributed by atoms with E-state index in [1.165, 1.54) is 0 Å². The molecular weight excluding hydrogens is 322 g/mol. The molecule has 0 bridgehead atoms. The number of rotatable bonds is 5. The molecule has 1 fully saturated rings. The normalized spacial score (nSPS) is 14.0. The van der Waals surface area contributed by atoms with Crippen molar-refractivity contribution < 1.29 is 19.1 Å². The van der Waals surface area contributed by atoms with Crippen molar-refractivity contribution in [3.8, 4) is 5.75 Å². The minimum atomic E-state index is -0.306. The highest BCUT2D eigenvalue weighted by molar-refractivity contribution is 5.88. The van der Waals surface area contributed by atoms with Crippen LogP contribution < -0.4 is 10.2 Å². The molecule has 0 spiro atoms. The molecule has 136 valence electrons. The third kappa shape index (κ3) is 6.10. The Kier molecular flexibility index (Phi) is 6.80. The summed E-state index contributed by atoms with van der Waals surface area (Å²) in [6.07, 6.45) is 0.945. The van der Waals surface area contributed by atoms with Gasteiger partial charge in [-0.3, -0.25) is 4.79 Å².